The fourth-order valence-corrected chi connectivity index (χ4v) is 1.47. The topological polar surface area (TPSA) is 9.23 Å². The van der Waals surface area contributed by atoms with Gasteiger partial charge >= 0.3 is 0 Å². The van der Waals surface area contributed by atoms with Crippen LogP contribution in [0.1, 0.15) is 30.4 Å². The highest BCUT2D eigenvalue weighted by molar-refractivity contribution is 5.33. The number of hydrogen-bond donors (Lipinski definition) is 0. The van der Waals surface area contributed by atoms with Crippen molar-refractivity contribution in [2.75, 3.05) is 0 Å². The minimum Gasteiger partial charge on any atom is -0.490 e. The van der Waals surface area contributed by atoms with E-state index in [1.165, 1.54) is 30.4 Å². The number of hydrogen-bond acceptors (Lipinski definition) is 1. The second-order valence-electron chi connectivity index (χ2n) is 3.92. The molecule has 0 atom stereocenters. The standard InChI is InChI=1S/C12H16O/c1-9-6-7-12(8-10(9)2)13-11-4-3-5-11/h6-8,11H,3-5H2,1-2H3. The van der Waals surface area contributed by atoms with Gasteiger partial charge in [-0.15, -0.1) is 0 Å². The first kappa shape index (κ1) is 8.61. The number of ether oxygens (including phenoxy) is 1. The number of benzene rings is 1. The minimum absolute atomic E-state index is 0.488. The SMILES string of the molecule is Cc1ccc(OC2CCC2)cc1C. The highest BCUT2D eigenvalue weighted by Gasteiger charge is 2.18. The van der Waals surface area contributed by atoms with Gasteiger partial charge in [-0.1, -0.05) is 6.07 Å². The van der Waals surface area contributed by atoms with E-state index >= 15 is 0 Å². The summed E-state index contributed by atoms with van der Waals surface area (Å²) in [5.41, 5.74) is 2.65. The van der Waals surface area contributed by atoms with E-state index in [1.54, 1.807) is 0 Å². The Labute approximate surface area is 79.7 Å². The zero-order valence-corrected chi connectivity index (χ0v) is 8.34. The summed E-state index contributed by atoms with van der Waals surface area (Å²) in [6.07, 6.45) is 4.28. The van der Waals surface area contributed by atoms with Crippen LogP contribution < -0.4 is 4.74 Å². The Morgan fingerprint density at radius 3 is 2.46 bits per heavy atom. The van der Waals surface area contributed by atoms with Gasteiger partial charge in [-0.05, 0) is 56.4 Å². The molecule has 0 N–H and O–H groups in total. The predicted molar refractivity (Wildman–Crippen MR) is 54.2 cm³/mol. The maximum atomic E-state index is 5.79. The molecule has 70 valence electrons. The number of rotatable bonds is 2. The molecule has 0 spiro atoms. The van der Waals surface area contributed by atoms with Gasteiger partial charge in [-0.25, -0.2) is 0 Å². The Bertz CT molecular complexity index is 300. The molecule has 1 saturated carbocycles. The van der Waals surface area contributed by atoms with Gasteiger partial charge in [0.15, 0.2) is 0 Å². The van der Waals surface area contributed by atoms with Crippen molar-refractivity contribution in [3.8, 4) is 5.75 Å². The van der Waals surface area contributed by atoms with Crippen LogP contribution in [0.2, 0.25) is 0 Å². The van der Waals surface area contributed by atoms with E-state index in [-0.39, 0.29) is 0 Å². The minimum atomic E-state index is 0.488. The molecular formula is C12H16O. The van der Waals surface area contributed by atoms with Gasteiger partial charge in [0.25, 0.3) is 0 Å². The van der Waals surface area contributed by atoms with Crippen molar-refractivity contribution in [3.63, 3.8) is 0 Å². The zero-order valence-electron chi connectivity index (χ0n) is 8.34. The molecular weight excluding hydrogens is 160 g/mol. The smallest absolute Gasteiger partial charge is 0.119 e. The largest absolute Gasteiger partial charge is 0.490 e. The van der Waals surface area contributed by atoms with Crippen molar-refractivity contribution in [1.29, 1.82) is 0 Å². The van der Waals surface area contributed by atoms with E-state index in [2.05, 4.69) is 32.0 Å². The fourth-order valence-electron chi connectivity index (χ4n) is 1.47. The Hall–Kier alpha value is -0.980. The average Bonchev–Trinajstić information content (AvgIpc) is 2.04. The lowest BCUT2D eigenvalue weighted by Crippen LogP contribution is -2.24. The first-order valence-electron chi connectivity index (χ1n) is 4.99. The Balaban J connectivity index is 2.07. The fraction of sp³-hybridized carbons (Fsp3) is 0.500. The van der Waals surface area contributed by atoms with Gasteiger partial charge in [-0.2, -0.15) is 0 Å². The molecule has 0 amide bonds. The molecule has 1 aromatic carbocycles. The summed E-state index contributed by atoms with van der Waals surface area (Å²) in [4.78, 5) is 0. The summed E-state index contributed by atoms with van der Waals surface area (Å²) >= 11 is 0. The Morgan fingerprint density at radius 1 is 1.15 bits per heavy atom. The molecule has 0 bridgehead atoms. The van der Waals surface area contributed by atoms with Crippen molar-refractivity contribution in [1.82, 2.24) is 0 Å². The predicted octanol–water partition coefficient (Wildman–Crippen LogP) is 3.23. The van der Waals surface area contributed by atoms with Gasteiger partial charge < -0.3 is 4.74 Å². The molecule has 13 heavy (non-hydrogen) atoms. The summed E-state index contributed by atoms with van der Waals surface area (Å²) in [7, 11) is 0. The normalized spacial score (nSPS) is 16.8. The molecule has 0 saturated heterocycles. The number of aryl methyl sites for hydroxylation is 2. The maximum Gasteiger partial charge on any atom is 0.119 e. The van der Waals surface area contributed by atoms with Crippen molar-refractivity contribution < 1.29 is 4.74 Å². The summed E-state index contributed by atoms with van der Waals surface area (Å²) < 4.78 is 5.79. The van der Waals surface area contributed by atoms with Crippen LogP contribution in [-0.4, -0.2) is 6.10 Å². The van der Waals surface area contributed by atoms with E-state index in [0.29, 0.717) is 6.10 Å². The van der Waals surface area contributed by atoms with Gasteiger partial charge in [0, 0.05) is 0 Å². The Morgan fingerprint density at radius 2 is 1.92 bits per heavy atom. The molecule has 0 aromatic heterocycles. The van der Waals surface area contributed by atoms with E-state index in [4.69, 9.17) is 4.74 Å². The van der Waals surface area contributed by atoms with Crippen LogP contribution in [0.3, 0.4) is 0 Å². The lowest BCUT2D eigenvalue weighted by atomic mass is 9.96. The molecule has 1 nitrogen and oxygen atoms in total. The summed E-state index contributed by atoms with van der Waals surface area (Å²) in [5, 5.41) is 0. The third kappa shape index (κ3) is 1.85. The quantitative estimate of drug-likeness (QED) is 0.672. The second kappa shape index (κ2) is 3.41. The molecule has 2 rings (SSSR count). The molecule has 0 heterocycles. The van der Waals surface area contributed by atoms with Crippen LogP contribution in [0.4, 0.5) is 0 Å². The van der Waals surface area contributed by atoms with Crippen LogP contribution in [0.5, 0.6) is 5.75 Å². The van der Waals surface area contributed by atoms with Crippen molar-refractivity contribution in [3.05, 3.63) is 29.3 Å². The van der Waals surface area contributed by atoms with Crippen LogP contribution in [0.25, 0.3) is 0 Å². The van der Waals surface area contributed by atoms with Crippen LogP contribution in [0, 0.1) is 13.8 Å². The lowest BCUT2D eigenvalue weighted by Gasteiger charge is -2.26. The molecule has 0 aliphatic heterocycles. The van der Waals surface area contributed by atoms with Crippen molar-refractivity contribution in [2.24, 2.45) is 0 Å². The summed E-state index contributed by atoms with van der Waals surface area (Å²) in [6.45, 7) is 4.26. The maximum absolute atomic E-state index is 5.79. The van der Waals surface area contributed by atoms with Crippen LogP contribution >= 0.6 is 0 Å². The van der Waals surface area contributed by atoms with Gasteiger partial charge in [0.1, 0.15) is 5.75 Å². The van der Waals surface area contributed by atoms with Crippen molar-refractivity contribution in [2.45, 2.75) is 39.2 Å². The first-order chi connectivity index (χ1) is 6.25. The van der Waals surface area contributed by atoms with E-state index < -0.39 is 0 Å². The average molecular weight is 176 g/mol. The van der Waals surface area contributed by atoms with Crippen LogP contribution in [0.15, 0.2) is 18.2 Å². The van der Waals surface area contributed by atoms with Gasteiger partial charge in [0.2, 0.25) is 0 Å². The summed E-state index contributed by atoms with van der Waals surface area (Å²) in [5.74, 6) is 1.04. The Kier molecular flexibility index (Phi) is 2.26. The van der Waals surface area contributed by atoms with Gasteiger partial charge in [0.05, 0.1) is 6.10 Å². The van der Waals surface area contributed by atoms with E-state index in [0.717, 1.165) is 5.75 Å². The third-order valence-corrected chi connectivity index (χ3v) is 2.83. The highest BCUT2D eigenvalue weighted by atomic mass is 16.5. The second-order valence-corrected chi connectivity index (χ2v) is 3.92. The third-order valence-electron chi connectivity index (χ3n) is 2.83. The zero-order chi connectivity index (χ0) is 9.26. The monoisotopic (exact) mass is 176 g/mol. The van der Waals surface area contributed by atoms with E-state index in [1.807, 2.05) is 0 Å². The molecule has 1 aliphatic rings. The molecule has 1 heteroatoms. The van der Waals surface area contributed by atoms with Gasteiger partial charge in [-0.3, -0.25) is 0 Å². The highest BCUT2D eigenvalue weighted by Crippen LogP contribution is 2.26. The summed E-state index contributed by atoms with van der Waals surface area (Å²) in [6, 6.07) is 6.33. The molecule has 1 fully saturated rings. The lowest BCUT2D eigenvalue weighted by molar-refractivity contribution is 0.120. The first-order valence-corrected chi connectivity index (χ1v) is 4.99. The molecule has 0 unspecified atom stereocenters. The molecule has 1 aromatic rings. The van der Waals surface area contributed by atoms with E-state index in [9.17, 15) is 0 Å². The molecule has 1 aliphatic carbocycles. The van der Waals surface area contributed by atoms with Crippen LogP contribution in [-0.2, 0) is 0 Å². The van der Waals surface area contributed by atoms with Crippen molar-refractivity contribution >= 4 is 0 Å². The molecule has 0 radical (unpaired) electrons.